The third kappa shape index (κ3) is 6.20. The Balaban J connectivity index is 0.00000242. The number of rotatable bonds is 6. The Kier molecular flexibility index (Phi) is 7.62. The molecule has 1 amide bonds. The molecule has 1 saturated heterocycles. The number of halogens is 2. The van der Waals surface area contributed by atoms with Gasteiger partial charge in [0.25, 0.3) is 0 Å². The molecule has 0 spiro atoms. The summed E-state index contributed by atoms with van der Waals surface area (Å²) in [6.07, 6.45) is 2.48. The van der Waals surface area contributed by atoms with E-state index >= 15 is 0 Å². The third-order valence-electron chi connectivity index (χ3n) is 3.93. The molecule has 0 bridgehead atoms. The molecule has 0 saturated carbocycles. The minimum absolute atomic E-state index is 0. The van der Waals surface area contributed by atoms with Gasteiger partial charge in [-0.25, -0.2) is 4.39 Å². The first-order valence-corrected chi connectivity index (χ1v) is 7.43. The second-order valence-corrected chi connectivity index (χ2v) is 5.89. The molecule has 2 N–H and O–H groups in total. The molecule has 1 aromatic carbocycles. The molecule has 0 radical (unpaired) electrons. The van der Waals surface area contributed by atoms with E-state index in [2.05, 4.69) is 17.6 Å². The number of amides is 1. The Labute approximate surface area is 137 Å². The van der Waals surface area contributed by atoms with Crippen LogP contribution in [0, 0.1) is 11.2 Å². The maximum atomic E-state index is 12.7. The zero-order valence-corrected chi connectivity index (χ0v) is 13.7. The molecule has 1 aromatic rings. The second kappa shape index (κ2) is 8.96. The van der Waals surface area contributed by atoms with Crippen molar-refractivity contribution in [2.45, 2.75) is 26.2 Å². The third-order valence-corrected chi connectivity index (χ3v) is 3.93. The lowest BCUT2D eigenvalue weighted by molar-refractivity contribution is -0.122. The van der Waals surface area contributed by atoms with E-state index in [9.17, 15) is 9.18 Å². The van der Waals surface area contributed by atoms with Gasteiger partial charge in [-0.1, -0.05) is 6.92 Å². The van der Waals surface area contributed by atoms with Gasteiger partial charge in [0.05, 0.1) is 13.0 Å². The van der Waals surface area contributed by atoms with E-state index < -0.39 is 0 Å². The highest BCUT2D eigenvalue weighted by Gasteiger charge is 2.26. The molecule has 0 aromatic heterocycles. The second-order valence-electron chi connectivity index (χ2n) is 5.89. The molecule has 4 nitrogen and oxygen atoms in total. The molecule has 22 heavy (non-hydrogen) atoms. The van der Waals surface area contributed by atoms with Crippen LogP contribution in [0.25, 0.3) is 0 Å². The maximum absolute atomic E-state index is 12.7. The van der Waals surface area contributed by atoms with Crippen LogP contribution in [-0.2, 0) is 4.79 Å². The van der Waals surface area contributed by atoms with Crippen LogP contribution < -0.4 is 15.4 Å². The van der Waals surface area contributed by atoms with Crippen LogP contribution in [0.15, 0.2) is 24.3 Å². The van der Waals surface area contributed by atoms with Gasteiger partial charge in [-0.2, -0.15) is 0 Å². The highest BCUT2D eigenvalue weighted by Crippen LogP contribution is 2.26. The fourth-order valence-electron chi connectivity index (χ4n) is 2.40. The highest BCUT2D eigenvalue weighted by molar-refractivity contribution is 5.85. The lowest BCUT2D eigenvalue weighted by Gasteiger charge is -2.34. The van der Waals surface area contributed by atoms with Crippen molar-refractivity contribution < 1.29 is 13.9 Å². The Morgan fingerprint density at radius 2 is 1.95 bits per heavy atom. The molecule has 124 valence electrons. The maximum Gasteiger partial charge on any atom is 0.223 e. The topological polar surface area (TPSA) is 50.4 Å². The number of nitrogens with one attached hydrogen (secondary N) is 2. The average molecular weight is 331 g/mol. The van der Waals surface area contributed by atoms with Gasteiger partial charge in [0.15, 0.2) is 0 Å². The summed E-state index contributed by atoms with van der Waals surface area (Å²) in [5.41, 5.74) is 0.193. The van der Waals surface area contributed by atoms with Crippen LogP contribution in [0.2, 0.25) is 0 Å². The SMILES string of the molecule is CC1(CNC(=O)CCOc2ccc(F)cc2)CCNCC1.Cl. The van der Waals surface area contributed by atoms with Crippen LogP contribution in [0.4, 0.5) is 4.39 Å². The summed E-state index contributed by atoms with van der Waals surface area (Å²) in [6.45, 7) is 5.25. The minimum Gasteiger partial charge on any atom is -0.493 e. The lowest BCUT2D eigenvalue weighted by atomic mass is 9.81. The summed E-state index contributed by atoms with van der Waals surface area (Å²) in [5, 5.41) is 6.31. The summed E-state index contributed by atoms with van der Waals surface area (Å²) in [5.74, 6) is 0.279. The first-order chi connectivity index (χ1) is 10.1. The first kappa shape index (κ1) is 18.7. The average Bonchev–Trinajstić information content (AvgIpc) is 2.48. The van der Waals surface area contributed by atoms with Crippen molar-refractivity contribution in [2.24, 2.45) is 5.41 Å². The lowest BCUT2D eigenvalue weighted by Crippen LogP contribution is -2.43. The predicted molar refractivity (Wildman–Crippen MR) is 87.0 cm³/mol. The summed E-state index contributed by atoms with van der Waals surface area (Å²) < 4.78 is 18.1. The summed E-state index contributed by atoms with van der Waals surface area (Å²) in [7, 11) is 0. The molecular weight excluding hydrogens is 307 g/mol. The normalized spacial score (nSPS) is 16.5. The monoisotopic (exact) mass is 330 g/mol. The number of hydrogen-bond acceptors (Lipinski definition) is 3. The van der Waals surface area contributed by atoms with E-state index in [0.717, 1.165) is 25.9 Å². The van der Waals surface area contributed by atoms with E-state index in [4.69, 9.17) is 4.74 Å². The van der Waals surface area contributed by atoms with Gasteiger partial charge in [0.2, 0.25) is 5.91 Å². The molecule has 1 aliphatic heterocycles. The van der Waals surface area contributed by atoms with Crippen molar-refractivity contribution >= 4 is 18.3 Å². The zero-order valence-electron chi connectivity index (χ0n) is 12.9. The molecular formula is C16H24ClFN2O2. The molecule has 0 atom stereocenters. The van der Waals surface area contributed by atoms with E-state index in [1.54, 1.807) is 12.1 Å². The van der Waals surface area contributed by atoms with Gasteiger partial charge in [-0.05, 0) is 55.6 Å². The Bertz CT molecular complexity index is 462. The minimum atomic E-state index is -0.296. The largest absolute Gasteiger partial charge is 0.493 e. The van der Waals surface area contributed by atoms with Crippen molar-refractivity contribution in [1.29, 1.82) is 0 Å². The van der Waals surface area contributed by atoms with Gasteiger partial charge in [0.1, 0.15) is 11.6 Å². The first-order valence-electron chi connectivity index (χ1n) is 7.43. The Morgan fingerprint density at radius 1 is 1.32 bits per heavy atom. The van der Waals surface area contributed by atoms with Crippen molar-refractivity contribution in [3.05, 3.63) is 30.1 Å². The van der Waals surface area contributed by atoms with Gasteiger partial charge in [-0.15, -0.1) is 12.4 Å². The van der Waals surface area contributed by atoms with Crippen LogP contribution in [0.1, 0.15) is 26.2 Å². The smallest absolute Gasteiger partial charge is 0.223 e. The molecule has 6 heteroatoms. The van der Waals surface area contributed by atoms with Gasteiger partial charge in [-0.3, -0.25) is 4.79 Å². The summed E-state index contributed by atoms with van der Waals surface area (Å²) in [6, 6.07) is 5.80. The van der Waals surface area contributed by atoms with Crippen LogP contribution in [0.3, 0.4) is 0 Å². The molecule has 0 aliphatic carbocycles. The zero-order chi connectivity index (χ0) is 15.1. The van der Waals surface area contributed by atoms with E-state index in [-0.39, 0.29) is 29.5 Å². The number of ether oxygens (including phenoxy) is 1. The van der Waals surface area contributed by atoms with Crippen LogP contribution in [-0.4, -0.2) is 32.1 Å². The summed E-state index contributed by atoms with van der Waals surface area (Å²) >= 11 is 0. The van der Waals surface area contributed by atoms with Crippen molar-refractivity contribution in [3.8, 4) is 5.75 Å². The quantitative estimate of drug-likeness (QED) is 0.842. The van der Waals surface area contributed by atoms with E-state index in [0.29, 0.717) is 25.3 Å². The van der Waals surface area contributed by atoms with Crippen molar-refractivity contribution in [2.75, 3.05) is 26.2 Å². The standard InChI is InChI=1S/C16H23FN2O2.ClH/c1-16(7-9-18-10-8-16)12-19-15(20)6-11-21-14-4-2-13(17)3-5-14;/h2-5,18H,6-12H2,1H3,(H,19,20);1H. The Morgan fingerprint density at radius 3 is 2.59 bits per heavy atom. The highest BCUT2D eigenvalue weighted by atomic mass is 35.5. The number of piperidine rings is 1. The number of benzene rings is 1. The fraction of sp³-hybridized carbons (Fsp3) is 0.562. The van der Waals surface area contributed by atoms with Crippen LogP contribution in [0.5, 0.6) is 5.75 Å². The summed E-state index contributed by atoms with van der Waals surface area (Å²) in [4.78, 5) is 11.8. The molecule has 1 heterocycles. The molecule has 1 aliphatic rings. The van der Waals surface area contributed by atoms with E-state index in [1.165, 1.54) is 12.1 Å². The number of carbonyl (C=O) groups is 1. The Hall–Kier alpha value is -1.33. The fourth-order valence-corrected chi connectivity index (χ4v) is 2.40. The number of hydrogen-bond donors (Lipinski definition) is 2. The van der Waals surface area contributed by atoms with Crippen LogP contribution >= 0.6 is 12.4 Å². The predicted octanol–water partition coefficient (Wildman–Crippen LogP) is 2.52. The van der Waals surface area contributed by atoms with Gasteiger partial charge in [0, 0.05) is 6.54 Å². The van der Waals surface area contributed by atoms with E-state index in [1.807, 2.05) is 0 Å². The molecule has 1 fully saturated rings. The van der Waals surface area contributed by atoms with Gasteiger partial charge < -0.3 is 15.4 Å². The molecule has 2 rings (SSSR count). The molecule has 0 unspecified atom stereocenters. The van der Waals surface area contributed by atoms with Crippen molar-refractivity contribution in [1.82, 2.24) is 10.6 Å². The number of carbonyl (C=O) groups excluding carboxylic acids is 1. The van der Waals surface area contributed by atoms with Gasteiger partial charge >= 0.3 is 0 Å². The van der Waals surface area contributed by atoms with Crippen molar-refractivity contribution in [3.63, 3.8) is 0 Å².